The molecule has 2 aromatic carbocycles. The van der Waals surface area contributed by atoms with E-state index in [9.17, 15) is 27.9 Å². The van der Waals surface area contributed by atoms with Gasteiger partial charge in [-0.25, -0.2) is 0 Å². The number of rotatable bonds is 4. The molecule has 1 saturated heterocycles. The van der Waals surface area contributed by atoms with Crippen LogP contribution in [0.25, 0.3) is 0 Å². The SMILES string of the molecule is CC(=O)Oc1ccc2c3c1O[C@H]1[C@@H](N(CC(C)C)C(=O)C#Cc4ccc(C(F)(F)F)cc4)CC[C@@]4(O)[C@@H](C2)N(C)CC[C@]314. The van der Waals surface area contributed by atoms with Crippen molar-refractivity contribution in [2.45, 2.75) is 81.8 Å². The lowest BCUT2D eigenvalue weighted by Crippen LogP contribution is -2.78. The topological polar surface area (TPSA) is 79.3 Å². The maximum absolute atomic E-state index is 13.8. The van der Waals surface area contributed by atoms with Gasteiger partial charge in [-0.05, 0) is 81.1 Å². The van der Waals surface area contributed by atoms with Crippen LogP contribution in [0.1, 0.15) is 62.3 Å². The first-order valence-corrected chi connectivity index (χ1v) is 14.7. The summed E-state index contributed by atoms with van der Waals surface area (Å²) in [6.07, 6.45) is -2.92. The number of carbonyl (C=O) groups is 2. The minimum Gasteiger partial charge on any atom is -0.483 e. The van der Waals surface area contributed by atoms with Crippen LogP contribution >= 0.6 is 0 Å². The molecule has 10 heteroatoms. The van der Waals surface area contributed by atoms with E-state index in [0.717, 1.165) is 29.8 Å². The van der Waals surface area contributed by atoms with Crippen molar-refractivity contribution in [2.24, 2.45) is 5.92 Å². The maximum atomic E-state index is 13.8. The molecule has 0 unspecified atom stereocenters. The lowest BCUT2D eigenvalue weighted by Gasteiger charge is -2.64. The second-order valence-corrected chi connectivity index (χ2v) is 12.7. The van der Waals surface area contributed by atoms with Crippen LogP contribution in [-0.2, 0) is 27.6 Å². The van der Waals surface area contributed by atoms with Crippen LogP contribution in [0.5, 0.6) is 11.5 Å². The highest BCUT2D eigenvalue weighted by molar-refractivity contribution is 5.94. The van der Waals surface area contributed by atoms with Gasteiger partial charge in [-0.3, -0.25) is 9.59 Å². The summed E-state index contributed by atoms with van der Waals surface area (Å²) in [6.45, 7) is 6.42. The van der Waals surface area contributed by atoms with Crippen molar-refractivity contribution in [3.8, 4) is 23.3 Å². The van der Waals surface area contributed by atoms with Gasteiger partial charge in [-0.2, -0.15) is 13.2 Å². The summed E-state index contributed by atoms with van der Waals surface area (Å²) < 4.78 is 51.3. The van der Waals surface area contributed by atoms with Crippen LogP contribution in [0.2, 0.25) is 0 Å². The Morgan fingerprint density at radius 1 is 1.19 bits per heavy atom. The van der Waals surface area contributed by atoms with E-state index in [2.05, 4.69) is 16.7 Å². The Labute approximate surface area is 248 Å². The van der Waals surface area contributed by atoms with Crippen LogP contribution in [-0.4, -0.2) is 70.7 Å². The monoisotopic (exact) mass is 596 g/mol. The molecule has 2 aliphatic heterocycles. The van der Waals surface area contributed by atoms with E-state index >= 15 is 0 Å². The molecule has 43 heavy (non-hydrogen) atoms. The molecular formula is C33H35F3N2O5. The highest BCUT2D eigenvalue weighted by Gasteiger charge is 2.73. The highest BCUT2D eigenvalue weighted by atomic mass is 19.4. The van der Waals surface area contributed by atoms with Crippen molar-refractivity contribution in [3.05, 3.63) is 58.7 Å². The quantitative estimate of drug-likeness (QED) is 0.322. The number of benzene rings is 2. The van der Waals surface area contributed by atoms with E-state index < -0.39 is 46.8 Å². The Bertz CT molecular complexity index is 1530. The second-order valence-electron chi connectivity index (χ2n) is 12.7. The molecule has 1 saturated carbocycles. The average molecular weight is 597 g/mol. The van der Waals surface area contributed by atoms with Crippen LogP contribution in [0.15, 0.2) is 36.4 Å². The summed E-state index contributed by atoms with van der Waals surface area (Å²) in [5, 5.41) is 12.6. The van der Waals surface area contributed by atoms with E-state index in [4.69, 9.17) is 9.47 Å². The minimum absolute atomic E-state index is 0.0858. The summed E-state index contributed by atoms with van der Waals surface area (Å²) in [5.74, 6) is 5.32. The number of piperidine rings is 1. The first-order chi connectivity index (χ1) is 20.3. The Kier molecular flexibility index (Phi) is 7.05. The van der Waals surface area contributed by atoms with Crippen molar-refractivity contribution in [1.29, 1.82) is 0 Å². The molecule has 2 aliphatic carbocycles. The minimum atomic E-state index is -4.46. The zero-order valence-electron chi connectivity index (χ0n) is 24.6. The largest absolute Gasteiger partial charge is 0.483 e. The molecule has 0 aromatic heterocycles. The van der Waals surface area contributed by atoms with E-state index in [-0.39, 0.29) is 12.0 Å². The molecule has 1 N–H and O–H groups in total. The van der Waals surface area contributed by atoms with Gasteiger partial charge in [0.05, 0.1) is 22.6 Å². The molecular weight excluding hydrogens is 561 g/mol. The standard InChI is InChI=1S/C33H35F3N2O5/c1-19(2)18-38(27(40)12-7-21-5-9-23(10-6-21)33(34,35)36)24-13-14-32(41)26-17-22-8-11-25(42-20(3)39)29-28(22)31(32,30(24)43-29)15-16-37(26)4/h5-6,8-11,19,24,26,30,41H,13-18H2,1-4H3/t24-,26+,30-,31-,32+/m0/s1. The van der Waals surface area contributed by atoms with Gasteiger partial charge in [0.2, 0.25) is 0 Å². The molecule has 2 aromatic rings. The van der Waals surface area contributed by atoms with Gasteiger partial charge >= 0.3 is 12.1 Å². The van der Waals surface area contributed by atoms with Gasteiger partial charge in [0.15, 0.2) is 11.5 Å². The summed E-state index contributed by atoms with van der Waals surface area (Å²) in [4.78, 5) is 29.7. The molecule has 6 rings (SSSR count). The molecule has 0 radical (unpaired) electrons. The number of alkyl halides is 3. The van der Waals surface area contributed by atoms with Crippen LogP contribution in [0, 0.1) is 17.8 Å². The summed E-state index contributed by atoms with van der Waals surface area (Å²) in [7, 11) is 2.02. The molecule has 7 nitrogen and oxygen atoms in total. The molecule has 2 fully saturated rings. The molecule has 2 heterocycles. The molecule has 1 spiro atoms. The number of likely N-dealkylation sites (N-methyl/N-ethyl adjacent to an activating group) is 1. The van der Waals surface area contributed by atoms with E-state index in [0.29, 0.717) is 49.3 Å². The Hall–Kier alpha value is -3.55. The van der Waals surface area contributed by atoms with E-state index in [1.54, 1.807) is 11.0 Å². The predicted octanol–water partition coefficient (Wildman–Crippen LogP) is 4.32. The van der Waals surface area contributed by atoms with Crippen LogP contribution in [0.4, 0.5) is 13.2 Å². The van der Waals surface area contributed by atoms with Crippen molar-refractivity contribution in [2.75, 3.05) is 20.1 Å². The van der Waals surface area contributed by atoms with Crippen LogP contribution < -0.4 is 9.47 Å². The molecule has 1 amide bonds. The third-order valence-corrected chi connectivity index (χ3v) is 9.69. The van der Waals surface area contributed by atoms with Crippen molar-refractivity contribution < 1.29 is 37.3 Å². The second kappa shape index (κ2) is 10.3. The first-order valence-electron chi connectivity index (χ1n) is 14.7. The van der Waals surface area contributed by atoms with Crippen LogP contribution in [0.3, 0.4) is 0 Å². The number of hydrogen-bond donors (Lipinski definition) is 1. The van der Waals surface area contributed by atoms with E-state index in [1.807, 2.05) is 27.0 Å². The zero-order chi connectivity index (χ0) is 30.9. The number of ether oxygens (including phenoxy) is 2. The summed E-state index contributed by atoms with van der Waals surface area (Å²) in [6, 6.07) is 7.52. The smallest absolute Gasteiger partial charge is 0.416 e. The Morgan fingerprint density at radius 2 is 1.91 bits per heavy atom. The number of amides is 1. The normalized spacial score (nSPS) is 28.8. The number of esters is 1. The lowest BCUT2D eigenvalue weighted by molar-refractivity contribution is -0.197. The predicted molar refractivity (Wildman–Crippen MR) is 151 cm³/mol. The Morgan fingerprint density at radius 3 is 2.56 bits per heavy atom. The zero-order valence-corrected chi connectivity index (χ0v) is 24.6. The lowest BCUT2D eigenvalue weighted by atomic mass is 9.48. The number of nitrogens with zero attached hydrogens (tertiary/aromatic N) is 2. The van der Waals surface area contributed by atoms with Gasteiger partial charge in [0.25, 0.3) is 5.91 Å². The third kappa shape index (κ3) is 4.59. The Balaban J connectivity index is 1.40. The van der Waals surface area contributed by atoms with Crippen molar-refractivity contribution in [1.82, 2.24) is 9.80 Å². The van der Waals surface area contributed by atoms with Gasteiger partial charge in [-0.15, -0.1) is 0 Å². The number of likely N-dealkylation sites (tertiary alicyclic amines) is 1. The van der Waals surface area contributed by atoms with Crippen molar-refractivity contribution >= 4 is 11.9 Å². The van der Waals surface area contributed by atoms with Gasteiger partial charge < -0.3 is 24.4 Å². The van der Waals surface area contributed by atoms with Gasteiger partial charge in [0, 0.05) is 36.6 Å². The number of halogens is 3. The summed E-state index contributed by atoms with van der Waals surface area (Å²) >= 11 is 0. The molecule has 4 aliphatic rings. The van der Waals surface area contributed by atoms with Gasteiger partial charge in [0.1, 0.15) is 6.10 Å². The van der Waals surface area contributed by atoms with Gasteiger partial charge in [-0.1, -0.05) is 25.8 Å². The fraction of sp³-hybridized carbons (Fsp3) is 0.515. The number of carbonyl (C=O) groups excluding carboxylic acids is 2. The highest BCUT2D eigenvalue weighted by Crippen LogP contribution is 2.65. The fourth-order valence-corrected chi connectivity index (χ4v) is 7.97. The van der Waals surface area contributed by atoms with Crippen molar-refractivity contribution in [3.63, 3.8) is 0 Å². The number of hydrogen-bond acceptors (Lipinski definition) is 6. The third-order valence-electron chi connectivity index (χ3n) is 9.69. The molecule has 228 valence electrons. The molecule has 5 atom stereocenters. The first kappa shape index (κ1) is 29.5. The summed E-state index contributed by atoms with van der Waals surface area (Å²) in [5.41, 5.74) is -0.503. The van der Waals surface area contributed by atoms with E-state index in [1.165, 1.54) is 19.1 Å². The maximum Gasteiger partial charge on any atom is 0.416 e. The molecule has 2 bridgehead atoms. The average Bonchev–Trinajstić information content (AvgIpc) is 3.29. The fourth-order valence-electron chi connectivity index (χ4n) is 7.97. The number of aliphatic hydroxyl groups is 1.